The lowest BCUT2D eigenvalue weighted by atomic mass is 10.2. The van der Waals surface area contributed by atoms with E-state index in [-0.39, 0.29) is 0 Å². The molecule has 0 bridgehead atoms. The van der Waals surface area contributed by atoms with E-state index in [4.69, 9.17) is 4.74 Å². The molecule has 3 N–H and O–H groups in total. The molecule has 0 radical (unpaired) electrons. The smallest absolute Gasteiger partial charge is 0.329 e. The van der Waals surface area contributed by atoms with Crippen molar-refractivity contribution in [2.45, 2.75) is 0 Å². The Morgan fingerprint density at radius 1 is 1.12 bits per heavy atom. The largest absolute Gasteiger partial charge is 0.497 e. The number of hydrogen-bond donors (Lipinski definition) is 3. The number of benzene rings is 2. The van der Waals surface area contributed by atoms with Gasteiger partial charge in [-0.3, -0.25) is 9.59 Å². The molecule has 2 amide bonds. The van der Waals surface area contributed by atoms with Gasteiger partial charge < -0.3 is 15.4 Å². The van der Waals surface area contributed by atoms with Gasteiger partial charge in [0, 0.05) is 28.5 Å². The third-order valence-corrected chi connectivity index (χ3v) is 3.68. The predicted octanol–water partition coefficient (Wildman–Crippen LogP) is 2.40. The van der Waals surface area contributed by atoms with Gasteiger partial charge in [0.25, 0.3) is 0 Å². The number of nitrogens with one attached hydrogen (secondary N) is 3. The Balaban J connectivity index is 2.16. The van der Waals surface area contributed by atoms with Crippen LogP contribution in [0.3, 0.4) is 0 Å². The molecule has 8 heteroatoms. The first-order valence-electron chi connectivity index (χ1n) is 7.29. The van der Waals surface area contributed by atoms with Crippen molar-refractivity contribution in [3.8, 4) is 5.75 Å². The first-order chi connectivity index (χ1) is 12.0. The Morgan fingerprint density at radius 2 is 1.84 bits per heavy atom. The van der Waals surface area contributed by atoms with Crippen LogP contribution in [0.4, 0.5) is 11.4 Å². The Labute approximate surface area is 153 Å². The summed E-state index contributed by atoms with van der Waals surface area (Å²) in [4.78, 5) is 22.5. The van der Waals surface area contributed by atoms with Crippen molar-refractivity contribution in [2.75, 3.05) is 19.5 Å². The van der Waals surface area contributed by atoms with Gasteiger partial charge >= 0.3 is 11.8 Å². The van der Waals surface area contributed by atoms with E-state index < -0.39 is 11.8 Å². The Hall–Kier alpha value is -2.87. The van der Waals surface area contributed by atoms with Crippen molar-refractivity contribution in [1.29, 1.82) is 0 Å². The van der Waals surface area contributed by atoms with E-state index in [0.29, 0.717) is 0 Å². The van der Waals surface area contributed by atoms with E-state index in [9.17, 15) is 9.59 Å². The monoisotopic (exact) mass is 404 g/mol. The Kier molecular flexibility index (Phi) is 6.53. The number of carbonyl (C=O) groups is 2. The maximum atomic E-state index is 11.4. The number of ether oxygens (including phenoxy) is 1. The molecule has 0 fully saturated rings. The third-order valence-electron chi connectivity index (χ3n) is 3.19. The second-order valence-corrected chi connectivity index (χ2v) is 5.78. The first-order valence-corrected chi connectivity index (χ1v) is 8.08. The van der Waals surface area contributed by atoms with Crippen LogP contribution in [-0.4, -0.2) is 32.2 Å². The molecule has 0 aromatic heterocycles. The summed E-state index contributed by atoms with van der Waals surface area (Å²) < 4.78 is 5.99. The fourth-order valence-electron chi connectivity index (χ4n) is 1.91. The van der Waals surface area contributed by atoms with Crippen LogP contribution >= 0.6 is 15.9 Å². The summed E-state index contributed by atoms with van der Waals surface area (Å²) >= 11 is 3.40. The van der Waals surface area contributed by atoms with Crippen molar-refractivity contribution in [3.05, 3.63) is 52.5 Å². The SMILES string of the molecule is CNC(=O)C(=O)N/N=C\c1cc(Br)ccc1Nc1ccc(OC)cc1. The minimum atomic E-state index is -0.835. The number of likely N-dealkylation sites (N-methyl/N-ethyl adjacent to an activating group) is 1. The standard InChI is InChI=1S/C17H17BrN4O3/c1-19-16(23)17(24)22-20-10-11-9-12(18)3-8-15(11)21-13-4-6-14(25-2)7-5-13/h3-10,21H,1-2H3,(H,19,23)(H,22,24)/b20-10-. The highest BCUT2D eigenvalue weighted by Gasteiger charge is 2.09. The third kappa shape index (κ3) is 5.32. The molecular weight excluding hydrogens is 388 g/mol. The van der Waals surface area contributed by atoms with Crippen molar-refractivity contribution >= 4 is 45.3 Å². The molecular formula is C17H17BrN4O3. The summed E-state index contributed by atoms with van der Waals surface area (Å²) in [6.07, 6.45) is 1.46. The lowest BCUT2D eigenvalue weighted by molar-refractivity contribution is -0.138. The van der Waals surface area contributed by atoms with Crippen molar-refractivity contribution < 1.29 is 14.3 Å². The van der Waals surface area contributed by atoms with Crippen LogP contribution in [0.2, 0.25) is 0 Å². The Morgan fingerprint density at radius 3 is 2.48 bits per heavy atom. The lowest BCUT2D eigenvalue weighted by Crippen LogP contribution is -2.35. The van der Waals surface area contributed by atoms with Crippen LogP contribution in [-0.2, 0) is 9.59 Å². The molecule has 0 aliphatic heterocycles. The average molecular weight is 405 g/mol. The number of hydrogen-bond acceptors (Lipinski definition) is 5. The number of anilines is 2. The highest BCUT2D eigenvalue weighted by molar-refractivity contribution is 9.10. The summed E-state index contributed by atoms with van der Waals surface area (Å²) in [7, 11) is 2.98. The molecule has 2 aromatic rings. The minimum Gasteiger partial charge on any atom is -0.497 e. The first kappa shape index (κ1) is 18.5. The van der Waals surface area contributed by atoms with Crippen molar-refractivity contribution in [2.24, 2.45) is 5.10 Å². The van der Waals surface area contributed by atoms with Gasteiger partial charge in [-0.15, -0.1) is 0 Å². The van der Waals surface area contributed by atoms with Gasteiger partial charge in [-0.05, 0) is 42.5 Å². The molecule has 2 rings (SSSR count). The maximum Gasteiger partial charge on any atom is 0.329 e. The van der Waals surface area contributed by atoms with Gasteiger partial charge in [-0.1, -0.05) is 15.9 Å². The van der Waals surface area contributed by atoms with Gasteiger partial charge in [0.2, 0.25) is 0 Å². The number of methoxy groups -OCH3 is 1. The van der Waals surface area contributed by atoms with Gasteiger partial charge in [-0.2, -0.15) is 5.10 Å². The number of amides is 2. The second-order valence-electron chi connectivity index (χ2n) is 4.86. The molecule has 0 spiro atoms. The zero-order valence-corrected chi connectivity index (χ0v) is 15.3. The topological polar surface area (TPSA) is 91.8 Å². The average Bonchev–Trinajstić information content (AvgIpc) is 2.63. The van der Waals surface area contributed by atoms with Gasteiger partial charge in [0.15, 0.2) is 0 Å². The van der Waals surface area contributed by atoms with E-state index in [1.54, 1.807) is 7.11 Å². The summed E-state index contributed by atoms with van der Waals surface area (Å²) in [5.74, 6) is -0.832. The quantitative estimate of drug-likeness (QED) is 0.405. The molecule has 0 heterocycles. The number of halogens is 1. The molecule has 2 aromatic carbocycles. The van der Waals surface area contributed by atoms with E-state index in [1.165, 1.54) is 13.3 Å². The highest BCUT2D eigenvalue weighted by Crippen LogP contribution is 2.24. The van der Waals surface area contributed by atoms with E-state index >= 15 is 0 Å². The zero-order chi connectivity index (χ0) is 18.2. The number of carbonyl (C=O) groups excluding carboxylic acids is 2. The molecule has 0 aliphatic rings. The van der Waals surface area contributed by atoms with Crippen LogP contribution in [0.15, 0.2) is 52.0 Å². The van der Waals surface area contributed by atoms with Crippen molar-refractivity contribution in [1.82, 2.24) is 10.7 Å². The number of rotatable bonds is 5. The van der Waals surface area contributed by atoms with Crippen LogP contribution in [0.5, 0.6) is 5.75 Å². The molecule has 130 valence electrons. The molecule has 25 heavy (non-hydrogen) atoms. The molecule has 7 nitrogen and oxygen atoms in total. The van der Waals surface area contributed by atoms with Crippen molar-refractivity contribution in [3.63, 3.8) is 0 Å². The summed E-state index contributed by atoms with van der Waals surface area (Å²) in [5.41, 5.74) is 4.54. The fraction of sp³-hybridized carbons (Fsp3) is 0.118. The molecule has 0 atom stereocenters. The molecule has 0 aliphatic carbocycles. The van der Waals surface area contributed by atoms with E-state index in [2.05, 4.69) is 37.1 Å². The van der Waals surface area contributed by atoms with Crippen LogP contribution in [0.25, 0.3) is 0 Å². The number of hydrazone groups is 1. The summed E-state index contributed by atoms with van der Waals surface area (Å²) in [6.45, 7) is 0. The zero-order valence-electron chi connectivity index (χ0n) is 13.7. The fourth-order valence-corrected chi connectivity index (χ4v) is 2.29. The second kappa shape index (κ2) is 8.84. The van der Waals surface area contributed by atoms with Gasteiger partial charge in [0.1, 0.15) is 5.75 Å². The summed E-state index contributed by atoms with van der Waals surface area (Å²) in [6, 6.07) is 13.0. The molecule has 0 saturated carbocycles. The molecule has 0 unspecified atom stereocenters. The normalized spacial score (nSPS) is 10.4. The van der Waals surface area contributed by atoms with E-state index in [1.807, 2.05) is 42.5 Å². The Bertz CT molecular complexity index is 791. The minimum absolute atomic E-state index is 0.724. The van der Waals surface area contributed by atoms with Crippen LogP contribution in [0.1, 0.15) is 5.56 Å². The number of nitrogens with zero attached hydrogens (tertiary/aromatic N) is 1. The molecule has 0 saturated heterocycles. The van der Waals surface area contributed by atoms with Gasteiger partial charge in [-0.25, -0.2) is 5.43 Å². The van der Waals surface area contributed by atoms with Gasteiger partial charge in [0.05, 0.1) is 13.3 Å². The lowest BCUT2D eigenvalue weighted by Gasteiger charge is -2.10. The maximum absolute atomic E-state index is 11.4. The van der Waals surface area contributed by atoms with Crippen LogP contribution in [0, 0.1) is 0 Å². The highest BCUT2D eigenvalue weighted by atomic mass is 79.9. The predicted molar refractivity (Wildman–Crippen MR) is 100 cm³/mol. The van der Waals surface area contributed by atoms with Crippen LogP contribution < -0.4 is 20.8 Å². The van der Waals surface area contributed by atoms with E-state index in [0.717, 1.165) is 27.2 Å². The summed E-state index contributed by atoms with van der Waals surface area (Å²) in [5, 5.41) is 9.30.